The van der Waals surface area contributed by atoms with Crippen LogP contribution in [0, 0.1) is 5.92 Å². The second kappa shape index (κ2) is 7.75. The molecule has 3 rings (SSSR count). The van der Waals surface area contributed by atoms with Gasteiger partial charge in [-0.05, 0) is 39.8 Å². The summed E-state index contributed by atoms with van der Waals surface area (Å²) in [5, 5.41) is 2.22. The zero-order chi connectivity index (χ0) is 21.6. The summed E-state index contributed by atoms with van der Waals surface area (Å²) in [5.74, 6) is 2.04. The first-order chi connectivity index (χ1) is 13.5. The molecule has 2 aromatic heterocycles. The van der Waals surface area contributed by atoms with Gasteiger partial charge in [0.1, 0.15) is 5.82 Å². The van der Waals surface area contributed by atoms with Crippen molar-refractivity contribution in [1.29, 1.82) is 0 Å². The van der Waals surface area contributed by atoms with Gasteiger partial charge in [-0.3, -0.25) is 4.57 Å². The van der Waals surface area contributed by atoms with Gasteiger partial charge in [0.25, 0.3) is 0 Å². The normalized spacial score (nSPS) is 12.9. The number of para-hydroxylation sites is 1. The van der Waals surface area contributed by atoms with Gasteiger partial charge in [-0.15, -0.1) is 11.3 Å². The van der Waals surface area contributed by atoms with Crippen molar-refractivity contribution in [2.45, 2.75) is 79.1 Å². The number of nitrogens with zero attached hydrogens (tertiary/aromatic N) is 2. The number of rotatable bonds is 5. The van der Waals surface area contributed by atoms with Crippen molar-refractivity contribution in [2.24, 2.45) is 5.92 Å². The van der Waals surface area contributed by atoms with E-state index in [-0.39, 0.29) is 10.8 Å². The van der Waals surface area contributed by atoms with E-state index in [1.807, 2.05) is 17.5 Å². The highest BCUT2D eigenvalue weighted by Crippen LogP contribution is 2.43. The zero-order valence-electron chi connectivity index (χ0n) is 19.5. The molecule has 0 aliphatic rings. The van der Waals surface area contributed by atoms with Crippen molar-refractivity contribution in [2.75, 3.05) is 0 Å². The van der Waals surface area contributed by atoms with Gasteiger partial charge in [-0.2, -0.15) is 0 Å². The van der Waals surface area contributed by atoms with E-state index in [1.165, 1.54) is 27.3 Å². The number of aromatic nitrogens is 2. The number of hydrogen-bond donors (Lipinski definition) is 0. The van der Waals surface area contributed by atoms with Crippen LogP contribution in [0.4, 0.5) is 0 Å². The first kappa shape index (κ1) is 21.8. The second-order valence-electron chi connectivity index (χ2n) is 10.3. The summed E-state index contributed by atoms with van der Waals surface area (Å²) in [6, 6.07) is 8.99. The molecule has 2 nitrogen and oxygen atoms in total. The molecular formula is C26H36N2S. The molecule has 29 heavy (non-hydrogen) atoms. The van der Waals surface area contributed by atoms with Crippen LogP contribution in [0.3, 0.4) is 0 Å². The Labute approximate surface area is 181 Å². The topological polar surface area (TPSA) is 17.8 Å². The highest BCUT2D eigenvalue weighted by molar-refractivity contribution is 7.10. The summed E-state index contributed by atoms with van der Waals surface area (Å²) in [7, 11) is 0. The second-order valence-corrected chi connectivity index (χ2v) is 11.2. The summed E-state index contributed by atoms with van der Waals surface area (Å²) in [4.78, 5) is 6.28. The number of benzene rings is 1. The minimum Gasteiger partial charge on any atom is -0.299 e. The van der Waals surface area contributed by atoms with Gasteiger partial charge in [0, 0.05) is 28.2 Å². The van der Waals surface area contributed by atoms with Crippen molar-refractivity contribution in [3.05, 3.63) is 58.0 Å². The quantitative estimate of drug-likeness (QED) is 0.419. The van der Waals surface area contributed by atoms with E-state index in [0.29, 0.717) is 11.8 Å². The van der Waals surface area contributed by atoms with E-state index in [4.69, 9.17) is 4.98 Å². The number of imidazole rings is 1. The molecule has 0 spiro atoms. The Balaban J connectivity index is 2.29. The molecule has 0 fully saturated rings. The first-order valence-corrected chi connectivity index (χ1v) is 11.6. The average Bonchev–Trinajstić information content (AvgIpc) is 3.29. The average molecular weight is 409 g/mol. The van der Waals surface area contributed by atoms with E-state index in [9.17, 15) is 0 Å². The molecule has 0 bridgehead atoms. The Morgan fingerprint density at radius 2 is 1.66 bits per heavy atom. The molecule has 0 saturated carbocycles. The monoisotopic (exact) mass is 408 g/mol. The van der Waals surface area contributed by atoms with E-state index in [2.05, 4.69) is 103 Å². The van der Waals surface area contributed by atoms with Crippen molar-refractivity contribution in [3.63, 3.8) is 0 Å². The van der Waals surface area contributed by atoms with Crippen LogP contribution in [-0.2, 0) is 10.8 Å². The zero-order valence-corrected chi connectivity index (χ0v) is 20.3. The molecule has 0 aliphatic carbocycles. The standard InChI is InChI=1S/C26H36N2S/c1-17(2)19-11-10-12-21(25(5,6)7)22(19)28-15-14-27-24(28)20-13-16-29-23(20)26(8,9)18(3)4/h10-18H,1-9H3. The lowest BCUT2D eigenvalue weighted by atomic mass is 9.78. The van der Waals surface area contributed by atoms with Crippen LogP contribution >= 0.6 is 11.3 Å². The Morgan fingerprint density at radius 1 is 0.966 bits per heavy atom. The maximum Gasteiger partial charge on any atom is 0.145 e. The molecule has 0 aliphatic heterocycles. The highest BCUT2D eigenvalue weighted by Gasteiger charge is 2.31. The molecule has 0 N–H and O–H groups in total. The minimum atomic E-state index is 0.0520. The summed E-state index contributed by atoms with van der Waals surface area (Å²) in [6.45, 7) is 20.8. The SMILES string of the molecule is CC(C)c1cccc(C(C)(C)C)c1-n1ccnc1-c1ccsc1C(C)(C)C(C)C. The summed E-state index contributed by atoms with van der Waals surface area (Å²) >= 11 is 1.85. The predicted octanol–water partition coefficient (Wildman–Crippen LogP) is 7.96. The number of hydrogen-bond acceptors (Lipinski definition) is 2. The van der Waals surface area contributed by atoms with E-state index in [0.717, 1.165) is 5.82 Å². The van der Waals surface area contributed by atoms with Gasteiger partial charge in [0.2, 0.25) is 0 Å². The fraction of sp³-hybridized carbons (Fsp3) is 0.500. The molecule has 2 heterocycles. The van der Waals surface area contributed by atoms with Gasteiger partial charge >= 0.3 is 0 Å². The molecule has 0 unspecified atom stereocenters. The highest BCUT2D eigenvalue weighted by atomic mass is 32.1. The smallest absolute Gasteiger partial charge is 0.145 e. The van der Waals surface area contributed by atoms with E-state index < -0.39 is 0 Å². The lowest BCUT2D eigenvalue weighted by Gasteiger charge is -2.30. The molecule has 0 radical (unpaired) electrons. The maximum atomic E-state index is 4.86. The Hall–Kier alpha value is -1.87. The van der Waals surface area contributed by atoms with Crippen LogP contribution in [0.1, 0.15) is 84.2 Å². The van der Waals surface area contributed by atoms with E-state index >= 15 is 0 Å². The van der Waals surface area contributed by atoms with Crippen molar-refractivity contribution < 1.29 is 0 Å². The molecule has 0 saturated heterocycles. The molecular weight excluding hydrogens is 372 g/mol. The maximum absolute atomic E-state index is 4.86. The number of thiophene rings is 1. The minimum absolute atomic E-state index is 0.0520. The van der Waals surface area contributed by atoms with Crippen molar-refractivity contribution >= 4 is 11.3 Å². The fourth-order valence-electron chi connectivity index (χ4n) is 3.83. The van der Waals surface area contributed by atoms with Gasteiger partial charge in [-0.1, -0.05) is 80.5 Å². The van der Waals surface area contributed by atoms with Crippen LogP contribution in [0.5, 0.6) is 0 Å². The van der Waals surface area contributed by atoms with Crippen LogP contribution in [0.2, 0.25) is 0 Å². The van der Waals surface area contributed by atoms with Crippen molar-refractivity contribution in [3.8, 4) is 17.1 Å². The Bertz CT molecular complexity index is 980. The summed E-state index contributed by atoms with van der Waals surface area (Å²) < 4.78 is 2.33. The Morgan fingerprint density at radius 3 is 2.24 bits per heavy atom. The molecule has 3 aromatic rings. The van der Waals surface area contributed by atoms with Crippen LogP contribution in [-0.4, -0.2) is 9.55 Å². The summed E-state index contributed by atoms with van der Waals surface area (Å²) in [6.07, 6.45) is 4.08. The lowest BCUT2D eigenvalue weighted by Crippen LogP contribution is -2.24. The molecule has 0 amide bonds. The molecule has 0 atom stereocenters. The van der Waals surface area contributed by atoms with Crippen LogP contribution in [0.25, 0.3) is 17.1 Å². The lowest BCUT2D eigenvalue weighted by molar-refractivity contribution is 0.380. The first-order valence-electron chi connectivity index (χ1n) is 10.7. The van der Waals surface area contributed by atoms with Crippen LogP contribution in [0.15, 0.2) is 42.0 Å². The fourth-order valence-corrected chi connectivity index (χ4v) is 5.00. The molecule has 1 aromatic carbocycles. The largest absolute Gasteiger partial charge is 0.299 e. The molecule has 156 valence electrons. The predicted molar refractivity (Wildman–Crippen MR) is 128 cm³/mol. The van der Waals surface area contributed by atoms with Gasteiger partial charge in [0.15, 0.2) is 0 Å². The third kappa shape index (κ3) is 3.94. The van der Waals surface area contributed by atoms with Crippen LogP contribution < -0.4 is 0 Å². The van der Waals surface area contributed by atoms with Crippen molar-refractivity contribution in [1.82, 2.24) is 9.55 Å². The van der Waals surface area contributed by atoms with Gasteiger partial charge in [-0.25, -0.2) is 4.98 Å². The van der Waals surface area contributed by atoms with E-state index in [1.54, 1.807) is 0 Å². The third-order valence-electron chi connectivity index (χ3n) is 6.31. The summed E-state index contributed by atoms with van der Waals surface area (Å²) in [5.41, 5.74) is 5.44. The van der Waals surface area contributed by atoms with Gasteiger partial charge in [0.05, 0.1) is 5.69 Å². The van der Waals surface area contributed by atoms with Gasteiger partial charge < -0.3 is 0 Å². The third-order valence-corrected chi connectivity index (χ3v) is 7.57. The Kier molecular flexibility index (Phi) is 5.84. The molecule has 3 heteroatoms.